The third-order valence-electron chi connectivity index (χ3n) is 1.74. The van der Waals surface area contributed by atoms with Crippen molar-refractivity contribution in [1.29, 1.82) is 0 Å². The van der Waals surface area contributed by atoms with E-state index in [0.717, 1.165) is 18.2 Å². The standard InChI is InChI=1S/C7H9N3O.C4H5N.C2H6O2S/c1-2-3-6-4-5-10(11)7(8)9-6;1-2-4-5-3-1;1-5(2,3)4/h2,4-5H,1,3H2,(H2,8,9);1-5H;1-2H3. The predicted molar refractivity (Wildman–Crippen MR) is 83.1 cm³/mol. The Morgan fingerprint density at radius 3 is 2.29 bits per heavy atom. The number of hydrogen-bond donors (Lipinski definition) is 2. The molecule has 0 aliphatic heterocycles. The summed E-state index contributed by atoms with van der Waals surface area (Å²) in [7, 11) is -2.67. The number of H-pyrrole nitrogens is 1. The molecular weight excluding hydrogens is 292 g/mol. The number of nitrogens with zero attached hydrogens (tertiary/aromatic N) is 2. The van der Waals surface area contributed by atoms with Crippen molar-refractivity contribution in [2.45, 2.75) is 6.42 Å². The molecule has 2 aromatic rings. The van der Waals surface area contributed by atoms with E-state index in [9.17, 15) is 13.6 Å². The summed E-state index contributed by atoms with van der Waals surface area (Å²) in [5.41, 5.74) is 6.01. The first kappa shape index (κ1) is 18.7. The molecule has 8 heteroatoms. The fourth-order valence-electron chi connectivity index (χ4n) is 1.00. The average Bonchev–Trinajstić information content (AvgIpc) is 2.91. The Balaban J connectivity index is 0.000000332. The van der Waals surface area contributed by atoms with Crippen molar-refractivity contribution >= 4 is 15.8 Å². The Labute approximate surface area is 124 Å². The average molecular weight is 312 g/mol. The van der Waals surface area contributed by atoms with Gasteiger partial charge in [-0.3, -0.25) is 5.73 Å². The van der Waals surface area contributed by atoms with E-state index >= 15 is 0 Å². The number of nitrogens with two attached hydrogens (primary N) is 1. The van der Waals surface area contributed by atoms with Gasteiger partial charge in [-0.1, -0.05) is 11.1 Å². The number of sulfone groups is 1. The van der Waals surface area contributed by atoms with Gasteiger partial charge in [0.15, 0.2) is 0 Å². The number of rotatable bonds is 2. The molecule has 0 saturated heterocycles. The molecule has 0 saturated carbocycles. The Hall–Kier alpha value is -2.35. The summed E-state index contributed by atoms with van der Waals surface area (Å²) in [6.45, 7) is 3.54. The molecule has 0 aliphatic carbocycles. The lowest BCUT2D eigenvalue weighted by Crippen LogP contribution is -2.31. The Bertz CT molecular complexity index is 600. The summed E-state index contributed by atoms with van der Waals surface area (Å²) >= 11 is 0. The van der Waals surface area contributed by atoms with Gasteiger partial charge in [-0.05, 0) is 12.1 Å². The highest BCUT2D eigenvalue weighted by Crippen LogP contribution is 1.95. The van der Waals surface area contributed by atoms with Crippen LogP contribution in [-0.4, -0.2) is 30.9 Å². The zero-order valence-corrected chi connectivity index (χ0v) is 12.9. The molecule has 0 atom stereocenters. The number of nitrogen functional groups attached to an aromatic ring is 1. The number of nitrogens with one attached hydrogen (secondary N) is 1. The van der Waals surface area contributed by atoms with E-state index in [1.54, 1.807) is 12.1 Å². The number of aromatic nitrogens is 3. The van der Waals surface area contributed by atoms with Crippen molar-refractivity contribution in [2.75, 3.05) is 18.2 Å². The van der Waals surface area contributed by atoms with Crippen LogP contribution in [0.5, 0.6) is 0 Å². The van der Waals surface area contributed by atoms with E-state index in [4.69, 9.17) is 5.73 Å². The van der Waals surface area contributed by atoms with Gasteiger partial charge in [0.1, 0.15) is 15.5 Å². The van der Waals surface area contributed by atoms with E-state index in [2.05, 4.69) is 16.5 Å². The molecule has 0 radical (unpaired) electrons. The number of hydrogen-bond acceptors (Lipinski definition) is 5. The maximum Gasteiger partial charge on any atom is 0.389 e. The molecule has 2 rings (SSSR count). The minimum absolute atomic E-state index is 0.0237. The second-order valence-corrected chi connectivity index (χ2v) is 6.41. The SMILES string of the molecule is C=CCc1cc[n+]([O-])c(N)n1.CS(C)(=O)=O.c1cc[nH]c1. The first-order chi connectivity index (χ1) is 9.74. The summed E-state index contributed by atoms with van der Waals surface area (Å²) in [4.78, 5) is 6.68. The smallest absolute Gasteiger partial charge is 0.389 e. The van der Waals surface area contributed by atoms with Crippen LogP contribution < -0.4 is 10.5 Å². The molecule has 116 valence electrons. The van der Waals surface area contributed by atoms with Crippen molar-refractivity contribution in [3.63, 3.8) is 0 Å². The molecule has 0 aromatic carbocycles. The predicted octanol–water partition coefficient (Wildman–Crippen LogP) is 0.701. The third-order valence-corrected chi connectivity index (χ3v) is 1.74. The van der Waals surface area contributed by atoms with Crippen molar-refractivity contribution in [2.24, 2.45) is 0 Å². The van der Waals surface area contributed by atoms with Crippen LogP contribution in [0.1, 0.15) is 5.69 Å². The Morgan fingerprint density at radius 1 is 1.43 bits per heavy atom. The minimum atomic E-state index is -2.67. The van der Waals surface area contributed by atoms with E-state index in [0.29, 0.717) is 11.2 Å². The van der Waals surface area contributed by atoms with Gasteiger partial charge in [-0.25, -0.2) is 13.1 Å². The second kappa shape index (κ2) is 9.54. The lowest BCUT2D eigenvalue weighted by atomic mass is 10.3. The fraction of sp³-hybridized carbons (Fsp3) is 0.231. The highest BCUT2D eigenvalue weighted by molar-refractivity contribution is 7.89. The largest absolute Gasteiger partial charge is 0.740 e. The van der Waals surface area contributed by atoms with Crippen LogP contribution in [0.2, 0.25) is 0 Å². The van der Waals surface area contributed by atoms with Crippen LogP contribution in [0.25, 0.3) is 0 Å². The van der Waals surface area contributed by atoms with E-state index in [-0.39, 0.29) is 5.95 Å². The maximum absolute atomic E-state index is 10.7. The molecule has 3 N–H and O–H groups in total. The van der Waals surface area contributed by atoms with Crippen LogP contribution in [0.4, 0.5) is 5.95 Å². The summed E-state index contributed by atoms with van der Waals surface area (Å²) < 4.78 is 19.8. The molecule has 0 aliphatic rings. The molecule has 0 amide bonds. The summed E-state index contributed by atoms with van der Waals surface area (Å²) in [6.07, 6.45) is 9.74. The normalized spacial score (nSPS) is 9.62. The first-order valence-corrected chi connectivity index (χ1v) is 8.22. The second-order valence-electron chi connectivity index (χ2n) is 4.12. The molecule has 7 nitrogen and oxygen atoms in total. The molecule has 0 bridgehead atoms. The highest BCUT2D eigenvalue weighted by atomic mass is 32.2. The third kappa shape index (κ3) is 12.4. The van der Waals surface area contributed by atoms with Crippen molar-refractivity contribution in [3.05, 3.63) is 60.3 Å². The molecule has 2 aromatic heterocycles. The van der Waals surface area contributed by atoms with Crippen LogP contribution in [0.15, 0.2) is 49.4 Å². The topological polar surface area (TPSA) is 116 Å². The highest BCUT2D eigenvalue weighted by Gasteiger charge is 2.01. The van der Waals surface area contributed by atoms with Gasteiger partial charge < -0.3 is 10.2 Å². The van der Waals surface area contributed by atoms with Gasteiger partial charge in [0.05, 0.1) is 6.20 Å². The van der Waals surface area contributed by atoms with Gasteiger partial charge in [0.2, 0.25) is 0 Å². The van der Waals surface area contributed by atoms with Gasteiger partial charge in [-0.2, -0.15) is 0 Å². The van der Waals surface area contributed by atoms with Gasteiger partial charge in [-0.15, -0.1) is 6.58 Å². The Morgan fingerprint density at radius 2 is 1.95 bits per heavy atom. The van der Waals surface area contributed by atoms with Crippen molar-refractivity contribution < 1.29 is 13.1 Å². The monoisotopic (exact) mass is 312 g/mol. The number of anilines is 1. The van der Waals surface area contributed by atoms with Crippen molar-refractivity contribution in [1.82, 2.24) is 9.97 Å². The first-order valence-electron chi connectivity index (χ1n) is 5.92. The number of allylic oxidation sites excluding steroid dienone is 1. The zero-order valence-electron chi connectivity index (χ0n) is 12.1. The van der Waals surface area contributed by atoms with Crippen LogP contribution in [0.3, 0.4) is 0 Å². The molecule has 2 heterocycles. The lowest BCUT2D eigenvalue weighted by molar-refractivity contribution is -0.592. The molecule has 0 spiro atoms. The molecule has 0 unspecified atom stereocenters. The van der Waals surface area contributed by atoms with Crippen molar-refractivity contribution in [3.8, 4) is 0 Å². The fourth-order valence-corrected chi connectivity index (χ4v) is 1.00. The summed E-state index contributed by atoms with van der Waals surface area (Å²) in [5, 5.41) is 10.7. The van der Waals surface area contributed by atoms with E-state index in [1.165, 1.54) is 6.20 Å². The van der Waals surface area contributed by atoms with Crippen LogP contribution in [0, 0.1) is 5.21 Å². The maximum atomic E-state index is 10.7. The molecule has 0 fully saturated rings. The van der Waals surface area contributed by atoms with Gasteiger partial charge >= 0.3 is 5.95 Å². The number of aromatic amines is 1. The molecular formula is C13H20N4O3S. The van der Waals surface area contributed by atoms with Gasteiger partial charge in [0.25, 0.3) is 0 Å². The lowest BCUT2D eigenvalue weighted by Gasteiger charge is -2.02. The van der Waals surface area contributed by atoms with E-state index in [1.807, 2.05) is 24.5 Å². The molecule has 21 heavy (non-hydrogen) atoms. The van der Waals surface area contributed by atoms with Crippen LogP contribution in [-0.2, 0) is 16.3 Å². The quantitative estimate of drug-likeness (QED) is 0.481. The minimum Gasteiger partial charge on any atom is -0.740 e. The Kier molecular flexibility index (Phi) is 8.47. The summed E-state index contributed by atoms with van der Waals surface area (Å²) in [6, 6.07) is 5.50. The summed E-state index contributed by atoms with van der Waals surface area (Å²) in [5.74, 6) is -0.0237. The van der Waals surface area contributed by atoms with Crippen LogP contribution >= 0.6 is 0 Å². The van der Waals surface area contributed by atoms with E-state index < -0.39 is 9.84 Å². The van der Waals surface area contributed by atoms with Gasteiger partial charge in [0, 0.05) is 37.4 Å². The zero-order chi connectivity index (χ0) is 16.3.